The van der Waals surface area contributed by atoms with Crippen LogP contribution in [0.5, 0.6) is 0 Å². The van der Waals surface area contributed by atoms with Gasteiger partial charge in [-0.3, -0.25) is 0 Å². The van der Waals surface area contributed by atoms with Gasteiger partial charge in [-0.2, -0.15) is 0 Å². The van der Waals surface area contributed by atoms with Gasteiger partial charge in [-0.1, -0.05) is 188 Å². The fourth-order valence-electron chi connectivity index (χ4n) is 10.2. The Morgan fingerprint density at radius 1 is 0.275 bits per heavy atom. The SMILES string of the molecule is c1ccc(-c2ccc(-c3ccc(N(c4ccc(-c5ccc6oc7c(-c8ccccc8)cccc7c6c5)cc4)c4ccc(-c5ccc6c(c5)c5ccccc5n6-c5ccccc5)cc4)cc3)cc2)cc1. The first kappa shape index (κ1) is 40.1. The molecule has 0 N–H and O–H groups in total. The summed E-state index contributed by atoms with van der Waals surface area (Å²) in [6.45, 7) is 0. The predicted octanol–water partition coefficient (Wildman–Crippen LogP) is 18.5. The highest BCUT2D eigenvalue weighted by Gasteiger charge is 2.18. The Kier molecular flexibility index (Phi) is 9.84. The van der Waals surface area contributed by atoms with E-state index in [9.17, 15) is 0 Å². The summed E-state index contributed by atoms with van der Waals surface area (Å²) in [6, 6.07) is 95.9. The minimum absolute atomic E-state index is 0.887. The van der Waals surface area contributed by atoms with E-state index in [0.29, 0.717) is 0 Å². The lowest BCUT2D eigenvalue weighted by molar-refractivity contribution is 0.670. The Hall–Kier alpha value is -9.18. The fourth-order valence-corrected chi connectivity index (χ4v) is 10.2. The number of fused-ring (bicyclic) bond motifs is 6. The van der Waals surface area contributed by atoms with Crippen LogP contribution in [0.4, 0.5) is 17.1 Å². The molecule has 2 heterocycles. The average Bonchev–Trinajstić information content (AvgIpc) is 3.98. The summed E-state index contributed by atoms with van der Waals surface area (Å²) in [5, 5.41) is 4.72. The predicted molar refractivity (Wildman–Crippen MR) is 290 cm³/mol. The Morgan fingerprint density at radius 3 is 1.29 bits per heavy atom. The van der Waals surface area contributed by atoms with Crippen molar-refractivity contribution in [3.63, 3.8) is 0 Å². The highest BCUT2D eigenvalue weighted by atomic mass is 16.3. The molecule has 0 radical (unpaired) electrons. The van der Waals surface area contributed by atoms with Gasteiger partial charge in [0.15, 0.2) is 0 Å². The average molecular weight is 881 g/mol. The Balaban J connectivity index is 0.858. The van der Waals surface area contributed by atoms with Crippen molar-refractivity contribution in [3.8, 4) is 61.3 Å². The van der Waals surface area contributed by atoms with Gasteiger partial charge in [-0.15, -0.1) is 0 Å². The van der Waals surface area contributed by atoms with E-state index in [4.69, 9.17) is 4.42 Å². The molecular formula is C66H44N2O. The molecule has 0 aliphatic carbocycles. The number of anilines is 3. The van der Waals surface area contributed by atoms with Crippen LogP contribution in [0, 0.1) is 0 Å². The third kappa shape index (κ3) is 7.25. The number of rotatable bonds is 9. The van der Waals surface area contributed by atoms with Crippen molar-refractivity contribution in [3.05, 3.63) is 267 Å². The number of aromatic nitrogens is 1. The Bertz CT molecular complexity index is 3950. The Morgan fingerprint density at radius 2 is 0.696 bits per heavy atom. The molecule has 69 heavy (non-hydrogen) atoms. The molecule has 0 bridgehead atoms. The first-order valence-electron chi connectivity index (χ1n) is 23.6. The van der Waals surface area contributed by atoms with Crippen LogP contribution in [0.15, 0.2) is 271 Å². The number of furan rings is 1. The molecule has 11 aromatic carbocycles. The van der Waals surface area contributed by atoms with Crippen LogP contribution in [0.2, 0.25) is 0 Å². The zero-order chi connectivity index (χ0) is 45.7. The number of para-hydroxylation sites is 3. The third-order valence-corrected chi connectivity index (χ3v) is 13.6. The summed E-state index contributed by atoms with van der Waals surface area (Å²) in [6.07, 6.45) is 0. The maximum absolute atomic E-state index is 6.52. The van der Waals surface area contributed by atoms with Gasteiger partial charge >= 0.3 is 0 Å². The monoisotopic (exact) mass is 880 g/mol. The largest absolute Gasteiger partial charge is 0.455 e. The van der Waals surface area contributed by atoms with E-state index >= 15 is 0 Å². The van der Waals surface area contributed by atoms with Crippen molar-refractivity contribution >= 4 is 60.8 Å². The second kappa shape index (κ2) is 16.9. The molecule has 0 fully saturated rings. The molecule has 0 aliphatic rings. The van der Waals surface area contributed by atoms with E-state index in [0.717, 1.165) is 66.9 Å². The molecule has 2 aromatic heterocycles. The van der Waals surface area contributed by atoms with Crippen molar-refractivity contribution in [2.45, 2.75) is 0 Å². The second-order valence-electron chi connectivity index (χ2n) is 17.7. The number of benzene rings is 11. The van der Waals surface area contributed by atoms with E-state index in [1.807, 2.05) is 6.07 Å². The second-order valence-corrected chi connectivity index (χ2v) is 17.7. The zero-order valence-electron chi connectivity index (χ0n) is 37.7. The summed E-state index contributed by atoms with van der Waals surface area (Å²) in [5.41, 5.74) is 20.3. The number of nitrogens with zero attached hydrogens (tertiary/aromatic N) is 2. The van der Waals surface area contributed by atoms with E-state index < -0.39 is 0 Å². The lowest BCUT2D eigenvalue weighted by Gasteiger charge is -2.26. The van der Waals surface area contributed by atoms with Crippen LogP contribution >= 0.6 is 0 Å². The van der Waals surface area contributed by atoms with Gasteiger partial charge in [0.05, 0.1) is 11.0 Å². The molecule has 0 saturated carbocycles. The van der Waals surface area contributed by atoms with E-state index in [2.05, 4.69) is 270 Å². The van der Waals surface area contributed by atoms with Crippen molar-refractivity contribution in [2.75, 3.05) is 4.90 Å². The van der Waals surface area contributed by atoms with Crippen molar-refractivity contribution in [2.24, 2.45) is 0 Å². The van der Waals surface area contributed by atoms with Crippen LogP contribution in [-0.2, 0) is 0 Å². The van der Waals surface area contributed by atoms with Crippen LogP contribution in [0.1, 0.15) is 0 Å². The lowest BCUT2D eigenvalue weighted by Crippen LogP contribution is -2.09. The zero-order valence-corrected chi connectivity index (χ0v) is 37.7. The quantitative estimate of drug-likeness (QED) is 0.144. The molecule has 324 valence electrons. The molecule has 0 aliphatic heterocycles. The van der Waals surface area contributed by atoms with Gasteiger partial charge in [0.2, 0.25) is 0 Å². The van der Waals surface area contributed by atoms with Gasteiger partial charge < -0.3 is 13.9 Å². The van der Waals surface area contributed by atoms with E-state index in [1.165, 1.54) is 55.2 Å². The van der Waals surface area contributed by atoms with Crippen molar-refractivity contribution in [1.29, 1.82) is 0 Å². The first-order valence-corrected chi connectivity index (χ1v) is 23.6. The van der Waals surface area contributed by atoms with Crippen molar-refractivity contribution in [1.82, 2.24) is 4.57 Å². The van der Waals surface area contributed by atoms with E-state index in [1.54, 1.807) is 0 Å². The molecule has 0 amide bonds. The molecule has 0 spiro atoms. The third-order valence-electron chi connectivity index (χ3n) is 13.6. The van der Waals surface area contributed by atoms with Crippen LogP contribution < -0.4 is 4.90 Å². The van der Waals surface area contributed by atoms with Crippen LogP contribution in [-0.4, -0.2) is 4.57 Å². The summed E-state index contributed by atoms with van der Waals surface area (Å²) in [5.74, 6) is 0. The minimum atomic E-state index is 0.887. The topological polar surface area (TPSA) is 21.3 Å². The molecule has 0 unspecified atom stereocenters. The molecule has 0 atom stereocenters. The normalized spacial score (nSPS) is 11.5. The molecular weight excluding hydrogens is 837 g/mol. The Labute approximate surface area is 401 Å². The van der Waals surface area contributed by atoms with Gasteiger partial charge in [0.1, 0.15) is 11.2 Å². The smallest absolute Gasteiger partial charge is 0.143 e. The number of hydrogen-bond donors (Lipinski definition) is 0. The summed E-state index contributed by atoms with van der Waals surface area (Å²) >= 11 is 0. The maximum Gasteiger partial charge on any atom is 0.143 e. The minimum Gasteiger partial charge on any atom is -0.455 e. The highest BCUT2D eigenvalue weighted by Crippen LogP contribution is 2.41. The summed E-state index contributed by atoms with van der Waals surface area (Å²) in [7, 11) is 0. The molecule has 3 heteroatoms. The van der Waals surface area contributed by atoms with Gasteiger partial charge in [-0.25, -0.2) is 0 Å². The first-order chi connectivity index (χ1) is 34.2. The molecule has 0 saturated heterocycles. The standard InChI is InChI=1S/C66H44N2O/c1-4-13-45(14-5-1)46-23-25-47(26-24-46)48-27-35-55(36-28-48)67(56-37-29-49(30-38-56)52-33-41-64-61(43-52)59-19-10-11-22-63(59)68(64)54-17-8-3-9-18-54)57-39-31-50(32-40-57)53-34-42-65-62(44-53)60-21-12-20-58(66(60)69-65)51-15-6-2-7-16-51/h1-44H. The maximum atomic E-state index is 6.52. The highest BCUT2D eigenvalue weighted by molar-refractivity contribution is 6.11. The number of hydrogen-bond acceptors (Lipinski definition) is 2. The lowest BCUT2D eigenvalue weighted by atomic mass is 9.99. The van der Waals surface area contributed by atoms with Gasteiger partial charge in [0.25, 0.3) is 0 Å². The summed E-state index contributed by atoms with van der Waals surface area (Å²) < 4.78 is 8.89. The molecule has 13 rings (SSSR count). The van der Waals surface area contributed by atoms with Gasteiger partial charge in [0, 0.05) is 49.9 Å². The fraction of sp³-hybridized carbons (Fsp3) is 0. The van der Waals surface area contributed by atoms with Crippen molar-refractivity contribution < 1.29 is 4.42 Å². The van der Waals surface area contributed by atoms with Crippen LogP contribution in [0.25, 0.3) is 105 Å². The summed E-state index contributed by atoms with van der Waals surface area (Å²) in [4.78, 5) is 2.35. The molecule has 3 nitrogen and oxygen atoms in total. The van der Waals surface area contributed by atoms with Gasteiger partial charge in [-0.05, 0) is 129 Å². The van der Waals surface area contributed by atoms with E-state index in [-0.39, 0.29) is 0 Å². The van der Waals surface area contributed by atoms with Crippen LogP contribution in [0.3, 0.4) is 0 Å². The molecule has 13 aromatic rings.